The number of nitrogens with zero attached hydrogens (tertiary/aromatic N) is 3. The highest BCUT2D eigenvalue weighted by atomic mass is 32.1. The van der Waals surface area contributed by atoms with E-state index in [4.69, 9.17) is 9.40 Å². The molecule has 0 bridgehead atoms. The van der Waals surface area contributed by atoms with Gasteiger partial charge in [-0.1, -0.05) is 18.2 Å². The Morgan fingerprint density at radius 3 is 2.72 bits per heavy atom. The first-order valence-corrected chi connectivity index (χ1v) is 10.6. The van der Waals surface area contributed by atoms with Gasteiger partial charge in [0.1, 0.15) is 16.4 Å². The standard InChI is InChI=1S/C22H22N4O2S/c1-15-5-2-3-6-17(15)26-10-8-25(9-11-26)13-19-23-21(27)20-16(14-29-22(20)24-19)18-7-4-12-28-18/h2-7,12,14H,8-11,13H2,1H3,(H,23,24,27). The molecule has 6 nitrogen and oxygen atoms in total. The highest BCUT2D eigenvalue weighted by molar-refractivity contribution is 7.17. The second-order valence-electron chi connectivity index (χ2n) is 7.37. The first-order chi connectivity index (χ1) is 14.2. The number of furan rings is 1. The van der Waals surface area contributed by atoms with Crippen molar-refractivity contribution in [2.75, 3.05) is 31.1 Å². The van der Waals surface area contributed by atoms with Crippen LogP contribution in [0.2, 0.25) is 0 Å². The summed E-state index contributed by atoms with van der Waals surface area (Å²) in [7, 11) is 0. The summed E-state index contributed by atoms with van der Waals surface area (Å²) in [5.74, 6) is 1.42. The van der Waals surface area contributed by atoms with Crippen LogP contribution in [0.1, 0.15) is 11.4 Å². The lowest BCUT2D eigenvalue weighted by Gasteiger charge is -2.36. The van der Waals surface area contributed by atoms with Gasteiger partial charge in [-0.3, -0.25) is 9.69 Å². The lowest BCUT2D eigenvalue weighted by molar-refractivity contribution is 0.244. The van der Waals surface area contributed by atoms with Crippen LogP contribution < -0.4 is 10.5 Å². The van der Waals surface area contributed by atoms with Gasteiger partial charge in [-0.25, -0.2) is 4.98 Å². The lowest BCUT2D eigenvalue weighted by Crippen LogP contribution is -2.46. The van der Waals surface area contributed by atoms with Crippen molar-refractivity contribution in [3.8, 4) is 11.3 Å². The number of H-pyrrole nitrogens is 1. The highest BCUT2D eigenvalue weighted by Crippen LogP contribution is 2.31. The molecule has 0 spiro atoms. The van der Waals surface area contributed by atoms with Crippen LogP contribution in [0.15, 0.2) is 57.3 Å². The number of piperazine rings is 1. The molecule has 1 saturated heterocycles. The number of thiophene rings is 1. The number of nitrogens with one attached hydrogen (secondary N) is 1. The molecule has 7 heteroatoms. The summed E-state index contributed by atoms with van der Waals surface area (Å²) in [5, 5.41) is 2.55. The van der Waals surface area contributed by atoms with E-state index in [-0.39, 0.29) is 5.56 Å². The molecule has 1 aromatic carbocycles. The quantitative estimate of drug-likeness (QED) is 0.557. The summed E-state index contributed by atoms with van der Waals surface area (Å²) in [6, 6.07) is 12.2. The van der Waals surface area contributed by atoms with Crippen LogP contribution in [0.3, 0.4) is 0 Å². The molecule has 148 valence electrons. The Morgan fingerprint density at radius 2 is 1.97 bits per heavy atom. The molecule has 3 aromatic heterocycles. The van der Waals surface area contributed by atoms with Crippen LogP contribution in [0.5, 0.6) is 0 Å². The maximum absolute atomic E-state index is 12.7. The molecule has 0 atom stereocenters. The number of fused-ring (bicyclic) bond motifs is 1. The van der Waals surface area contributed by atoms with Crippen LogP contribution in [-0.2, 0) is 6.54 Å². The molecule has 5 rings (SSSR count). The Morgan fingerprint density at radius 1 is 1.14 bits per heavy atom. The van der Waals surface area contributed by atoms with Crippen molar-refractivity contribution >= 4 is 27.2 Å². The monoisotopic (exact) mass is 406 g/mol. The molecule has 29 heavy (non-hydrogen) atoms. The molecule has 0 unspecified atom stereocenters. The third kappa shape index (κ3) is 3.47. The van der Waals surface area contributed by atoms with E-state index in [0.29, 0.717) is 17.7 Å². The summed E-state index contributed by atoms with van der Waals surface area (Å²) in [5.41, 5.74) is 3.32. The summed E-state index contributed by atoms with van der Waals surface area (Å²) in [4.78, 5) is 26.0. The van der Waals surface area contributed by atoms with Gasteiger partial charge in [-0.05, 0) is 30.7 Å². The molecule has 1 aliphatic rings. The Bertz CT molecular complexity index is 1190. The summed E-state index contributed by atoms with van der Waals surface area (Å²) in [6.07, 6.45) is 1.62. The number of anilines is 1. The number of para-hydroxylation sites is 1. The maximum Gasteiger partial charge on any atom is 0.260 e. The largest absolute Gasteiger partial charge is 0.464 e. The van der Waals surface area contributed by atoms with E-state index < -0.39 is 0 Å². The minimum atomic E-state index is -0.101. The van der Waals surface area contributed by atoms with Crippen LogP contribution in [-0.4, -0.2) is 41.0 Å². The highest BCUT2D eigenvalue weighted by Gasteiger charge is 2.20. The number of aromatic nitrogens is 2. The van der Waals surface area contributed by atoms with E-state index >= 15 is 0 Å². The van der Waals surface area contributed by atoms with Gasteiger partial charge in [-0.2, -0.15) is 0 Å². The van der Waals surface area contributed by atoms with Gasteiger partial charge >= 0.3 is 0 Å². The second kappa shape index (κ2) is 7.50. The number of hydrogen-bond donors (Lipinski definition) is 1. The molecule has 0 aliphatic carbocycles. The van der Waals surface area contributed by atoms with E-state index in [1.54, 1.807) is 6.26 Å². The van der Waals surface area contributed by atoms with Crippen LogP contribution in [0, 0.1) is 6.92 Å². The zero-order valence-electron chi connectivity index (χ0n) is 16.2. The third-order valence-corrected chi connectivity index (χ3v) is 6.35. The van der Waals surface area contributed by atoms with Gasteiger partial charge < -0.3 is 14.3 Å². The number of aryl methyl sites for hydroxylation is 1. The number of benzene rings is 1. The summed E-state index contributed by atoms with van der Waals surface area (Å²) in [6.45, 7) is 6.64. The minimum absolute atomic E-state index is 0.101. The molecule has 1 aliphatic heterocycles. The Balaban J connectivity index is 1.32. The average molecular weight is 407 g/mol. The van der Waals surface area contributed by atoms with E-state index in [0.717, 1.165) is 42.4 Å². The summed E-state index contributed by atoms with van der Waals surface area (Å²) >= 11 is 1.48. The first kappa shape index (κ1) is 18.1. The smallest absolute Gasteiger partial charge is 0.260 e. The molecule has 0 saturated carbocycles. The van der Waals surface area contributed by atoms with Crippen LogP contribution in [0.4, 0.5) is 5.69 Å². The van der Waals surface area contributed by atoms with Crippen molar-refractivity contribution in [1.29, 1.82) is 0 Å². The van der Waals surface area contributed by atoms with Crippen molar-refractivity contribution < 1.29 is 4.42 Å². The molecule has 0 radical (unpaired) electrons. The van der Waals surface area contributed by atoms with Gasteiger partial charge in [0, 0.05) is 42.8 Å². The SMILES string of the molecule is Cc1ccccc1N1CCN(Cc2nc3scc(-c4ccco4)c3c(=O)[nH]2)CC1. The van der Waals surface area contributed by atoms with Gasteiger partial charge in [0.15, 0.2) is 0 Å². The molecule has 0 amide bonds. The van der Waals surface area contributed by atoms with E-state index in [2.05, 4.69) is 46.0 Å². The predicted molar refractivity (Wildman–Crippen MR) is 117 cm³/mol. The molecular weight excluding hydrogens is 384 g/mol. The Kier molecular flexibility index (Phi) is 4.69. The normalized spacial score (nSPS) is 15.3. The van der Waals surface area contributed by atoms with Crippen LogP contribution in [0.25, 0.3) is 21.5 Å². The predicted octanol–water partition coefficient (Wildman–Crippen LogP) is 3.88. The topological polar surface area (TPSA) is 65.4 Å². The van der Waals surface area contributed by atoms with Crippen molar-refractivity contribution in [3.05, 3.63) is 69.8 Å². The van der Waals surface area contributed by atoms with E-state index in [1.165, 1.54) is 22.6 Å². The zero-order chi connectivity index (χ0) is 19.8. The van der Waals surface area contributed by atoms with Crippen molar-refractivity contribution in [2.24, 2.45) is 0 Å². The first-order valence-electron chi connectivity index (χ1n) is 9.76. The second-order valence-corrected chi connectivity index (χ2v) is 8.23. The number of hydrogen-bond acceptors (Lipinski definition) is 6. The van der Waals surface area contributed by atoms with Gasteiger partial charge in [0.05, 0.1) is 18.2 Å². The maximum atomic E-state index is 12.7. The zero-order valence-corrected chi connectivity index (χ0v) is 17.0. The third-order valence-electron chi connectivity index (χ3n) is 5.48. The molecule has 1 fully saturated rings. The average Bonchev–Trinajstić information content (AvgIpc) is 3.39. The van der Waals surface area contributed by atoms with E-state index in [1.807, 2.05) is 17.5 Å². The molecule has 4 aromatic rings. The molecule has 4 heterocycles. The minimum Gasteiger partial charge on any atom is -0.464 e. The molecule has 1 N–H and O–H groups in total. The fourth-order valence-electron chi connectivity index (χ4n) is 3.96. The van der Waals surface area contributed by atoms with Gasteiger partial charge in [0.25, 0.3) is 5.56 Å². The van der Waals surface area contributed by atoms with Crippen molar-refractivity contribution in [3.63, 3.8) is 0 Å². The number of aromatic amines is 1. The lowest BCUT2D eigenvalue weighted by atomic mass is 10.1. The summed E-state index contributed by atoms with van der Waals surface area (Å²) < 4.78 is 5.46. The Hall–Kier alpha value is -2.90. The number of rotatable bonds is 4. The van der Waals surface area contributed by atoms with Crippen LogP contribution >= 0.6 is 11.3 Å². The van der Waals surface area contributed by atoms with Crippen molar-refractivity contribution in [1.82, 2.24) is 14.9 Å². The Labute approximate surface area is 172 Å². The molecular formula is C22H22N4O2S. The fourth-order valence-corrected chi connectivity index (χ4v) is 4.91. The van der Waals surface area contributed by atoms with E-state index in [9.17, 15) is 4.79 Å². The van der Waals surface area contributed by atoms with Gasteiger partial charge in [-0.15, -0.1) is 11.3 Å². The van der Waals surface area contributed by atoms with Crippen molar-refractivity contribution in [2.45, 2.75) is 13.5 Å². The van der Waals surface area contributed by atoms with Gasteiger partial charge in [0.2, 0.25) is 0 Å². The fraction of sp³-hybridized carbons (Fsp3) is 0.273.